The maximum atomic E-state index is 15.0. The average molecular weight is 449 g/mol. The van der Waals surface area contributed by atoms with Crippen molar-refractivity contribution >= 4 is 26.8 Å². The fraction of sp³-hybridized carbons (Fsp3) is 0.364. The fourth-order valence-electron chi connectivity index (χ4n) is 4.50. The van der Waals surface area contributed by atoms with E-state index >= 15 is 0 Å². The minimum Gasteiger partial charge on any atom is -0.357 e. The second kappa shape index (κ2) is 6.36. The van der Waals surface area contributed by atoms with Gasteiger partial charge in [-0.15, -0.1) is 0 Å². The van der Waals surface area contributed by atoms with E-state index in [9.17, 15) is 13.2 Å². The number of nitrogens with zero attached hydrogens (tertiary/aromatic N) is 1. The van der Waals surface area contributed by atoms with E-state index in [4.69, 9.17) is 0 Å². The van der Waals surface area contributed by atoms with Crippen molar-refractivity contribution in [3.63, 3.8) is 0 Å². The number of benzene rings is 2. The van der Waals surface area contributed by atoms with Crippen LogP contribution in [0.3, 0.4) is 0 Å². The number of hydrogen-bond donors (Lipinski definition) is 1. The molecule has 0 bridgehead atoms. The lowest BCUT2D eigenvalue weighted by atomic mass is 9.87. The first-order valence-corrected chi connectivity index (χ1v) is 10.3. The number of aromatic nitrogens is 1. The van der Waals surface area contributed by atoms with Crippen molar-refractivity contribution in [3.8, 4) is 0 Å². The third-order valence-electron chi connectivity index (χ3n) is 6.09. The molecule has 0 amide bonds. The predicted molar refractivity (Wildman–Crippen MR) is 107 cm³/mol. The van der Waals surface area contributed by atoms with Crippen LogP contribution in [0.25, 0.3) is 10.9 Å². The molecule has 1 N–H and O–H groups in total. The van der Waals surface area contributed by atoms with Crippen LogP contribution in [0.2, 0.25) is 0 Å². The highest BCUT2D eigenvalue weighted by Gasteiger charge is 2.49. The Balaban J connectivity index is 1.74. The summed E-state index contributed by atoms with van der Waals surface area (Å²) in [5.74, 6) is -1.24. The van der Waals surface area contributed by atoms with Crippen LogP contribution < -0.4 is 0 Å². The van der Waals surface area contributed by atoms with E-state index in [1.54, 1.807) is 0 Å². The van der Waals surface area contributed by atoms with Gasteiger partial charge in [-0.1, -0.05) is 34.1 Å². The highest BCUT2D eigenvalue weighted by atomic mass is 79.9. The molecule has 0 saturated heterocycles. The zero-order valence-electron chi connectivity index (χ0n) is 15.4. The Morgan fingerprint density at radius 3 is 2.54 bits per heavy atom. The summed E-state index contributed by atoms with van der Waals surface area (Å²) in [7, 11) is 0. The van der Waals surface area contributed by atoms with Gasteiger partial charge in [-0.3, -0.25) is 4.90 Å². The summed E-state index contributed by atoms with van der Waals surface area (Å²) >= 11 is 3.16. The van der Waals surface area contributed by atoms with Gasteiger partial charge in [-0.2, -0.15) is 0 Å². The molecule has 28 heavy (non-hydrogen) atoms. The standard InChI is InChI=1S/C22H20BrF3N2/c1-12-8-15-14-4-2-3-5-18(14)27-20(15)21(28(12)11-22(26)6-7-22)19-16(24)9-13(23)10-17(19)25/h2-5,9-10,12,21,27H,6-8,11H2,1H3/t12-,21-/m1/s1. The molecule has 2 nitrogen and oxygen atoms in total. The van der Waals surface area contributed by atoms with Crippen LogP contribution in [0.1, 0.15) is 42.6 Å². The number of alkyl halides is 1. The normalized spacial score (nSPS) is 23.8. The smallest absolute Gasteiger partial charge is 0.132 e. The molecule has 2 aromatic carbocycles. The average Bonchev–Trinajstić information content (AvgIpc) is 3.25. The second-order valence-electron chi connectivity index (χ2n) is 8.12. The number of fused-ring (bicyclic) bond motifs is 3. The van der Waals surface area contributed by atoms with E-state index in [0.717, 1.165) is 22.2 Å². The Bertz CT molecular complexity index is 1050. The zero-order chi connectivity index (χ0) is 19.6. The van der Waals surface area contributed by atoms with Gasteiger partial charge in [-0.05, 0) is 49.9 Å². The Morgan fingerprint density at radius 2 is 1.86 bits per heavy atom. The van der Waals surface area contributed by atoms with Gasteiger partial charge in [0.2, 0.25) is 0 Å². The lowest BCUT2D eigenvalue weighted by Gasteiger charge is -2.41. The molecule has 1 fully saturated rings. The molecule has 146 valence electrons. The number of aromatic amines is 1. The summed E-state index contributed by atoms with van der Waals surface area (Å²) in [5.41, 5.74) is 1.49. The number of halogens is 4. The molecule has 6 heteroatoms. The van der Waals surface area contributed by atoms with Crippen LogP contribution in [0.15, 0.2) is 40.9 Å². The quantitative estimate of drug-likeness (QED) is 0.516. The van der Waals surface area contributed by atoms with Crippen molar-refractivity contribution in [2.75, 3.05) is 6.54 Å². The first-order chi connectivity index (χ1) is 13.4. The van der Waals surface area contributed by atoms with Crippen LogP contribution in [-0.2, 0) is 6.42 Å². The molecule has 1 aromatic heterocycles. The number of H-pyrrole nitrogens is 1. The monoisotopic (exact) mass is 448 g/mol. The Kier molecular flexibility index (Phi) is 4.14. The van der Waals surface area contributed by atoms with Crippen LogP contribution in [0.5, 0.6) is 0 Å². The van der Waals surface area contributed by atoms with Crippen LogP contribution in [-0.4, -0.2) is 28.1 Å². The van der Waals surface area contributed by atoms with Gasteiger partial charge in [-0.25, -0.2) is 13.2 Å². The van der Waals surface area contributed by atoms with Gasteiger partial charge in [0.15, 0.2) is 0 Å². The molecule has 0 spiro atoms. The van der Waals surface area contributed by atoms with E-state index in [-0.39, 0.29) is 18.2 Å². The van der Waals surface area contributed by atoms with Crippen molar-refractivity contribution in [2.24, 2.45) is 0 Å². The van der Waals surface area contributed by atoms with Crippen molar-refractivity contribution in [1.29, 1.82) is 0 Å². The molecular formula is C22H20BrF3N2. The van der Waals surface area contributed by atoms with E-state index in [2.05, 4.69) is 20.9 Å². The maximum Gasteiger partial charge on any atom is 0.132 e. The lowest BCUT2D eigenvalue weighted by molar-refractivity contribution is 0.0935. The van der Waals surface area contributed by atoms with Gasteiger partial charge in [0.1, 0.15) is 17.3 Å². The van der Waals surface area contributed by atoms with E-state index in [0.29, 0.717) is 23.7 Å². The maximum absolute atomic E-state index is 15.0. The summed E-state index contributed by atoms with van der Waals surface area (Å²) in [6, 6.07) is 9.72. The van der Waals surface area contributed by atoms with Crippen LogP contribution in [0.4, 0.5) is 13.2 Å². The third kappa shape index (κ3) is 2.89. The first kappa shape index (κ1) is 18.3. The summed E-state index contributed by atoms with van der Waals surface area (Å²) in [5, 5.41) is 1.06. The van der Waals surface area contributed by atoms with Gasteiger partial charge in [0.05, 0.1) is 6.04 Å². The zero-order valence-corrected chi connectivity index (χ0v) is 17.0. The summed E-state index contributed by atoms with van der Waals surface area (Å²) in [6.07, 6.45) is 1.73. The number of hydrogen-bond acceptors (Lipinski definition) is 1. The highest BCUT2D eigenvalue weighted by molar-refractivity contribution is 9.10. The fourth-order valence-corrected chi connectivity index (χ4v) is 4.90. The van der Waals surface area contributed by atoms with Crippen molar-refractivity contribution in [1.82, 2.24) is 9.88 Å². The molecule has 5 rings (SSSR count). The molecule has 3 aromatic rings. The minimum atomic E-state index is -1.25. The van der Waals surface area contributed by atoms with Crippen molar-refractivity contribution < 1.29 is 13.2 Å². The lowest BCUT2D eigenvalue weighted by Crippen LogP contribution is -2.46. The molecule has 0 unspecified atom stereocenters. The van der Waals surface area contributed by atoms with Crippen LogP contribution in [0, 0.1) is 11.6 Å². The van der Waals surface area contributed by atoms with E-state index in [1.807, 2.05) is 36.1 Å². The minimum absolute atomic E-state index is 0.0215. The first-order valence-electron chi connectivity index (χ1n) is 9.55. The molecule has 0 radical (unpaired) electrons. The molecule has 1 aliphatic carbocycles. The Labute approximate surface area is 169 Å². The van der Waals surface area contributed by atoms with Crippen molar-refractivity contribution in [3.05, 3.63) is 69.3 Å². The van der Waals surface area contributed by atoms with E-state index < -0.39 is 23.3 Å². The third-order valence-corrected chi connectivity index (χ3v) is 6.55. The molecule has 1 saturated carbocycles. The molecular weight excluding hydrogens is 429 g/mol. The van der Waals surface area contributed by atoms with Crippen LogP contribution >= 0.6 is 15.9 Å². The van der Waals surface area contributed by atoms with Gasteiger partial charge in [0.25, 0.3) is 0 Å². The molecule has 2 atom stereocenters. The summed E-state index contributed by atoms with van der Waals surface area (Å²) < 4.78 is 45.1. The number of nitrogens with one attached hydrogen (secondary N) is 1. The van der Waals surface area contributed by atoms with E-state index in [1.165, 1.54) is 12.1 Å². The second-order valence-corrected chi connectivity index (χ2v) is 9.04. The van der Waals surface area contributed by atoms with Gasteiger partial charge < -0.3 is 4.98 Å². The van der Waals surface area contributed by atoms with Crippen molar-refractivity contribution in [2.45, 2.75) is 43.9 Å². The Hall–Kier alpha value is -1.79. The summed E-state index contributed by atoms with van der Waals surface area (Å²) in [6.45, 7) is 2.20. The highest BCUT2D eigenvalue weighted by Crippen LogP contribution is 2.47. The van der Waals surface area contributed by atoms with Gasteiger partial charge in [0, 0.05) is 39.2 Å². The topological polar surface area (TPSA) is 19.0 Å². The number of para-hydroxylation sites is 1. The number of rotatable bonds is 3. The molecule has 2 heterocycles. The molecule has 1 aliphatic heterocycles. The largest absolute Gasteiger partial charge is 0.357 e. The summed E-state index contributed by atoms with van der Waals surface area (Å²) in [4.78, 5) is 5.31. The van der Waals surface area contributed by atoms with Gasteiger partial charge >= 0.3 is 0 Å². The predicted octanol–water partition coefficient (Wildman–Crippen LogP) is 6.05. The Morgan fingerprint density at radius 1 is 1.18 bits per heavy atom. The SMILES string of the molecule is C[C@@H]1Cc2c([nH]c3ccccc23)[C@@H](c2c(F)cc(Br)cc2F)N1CC1(F)CC1. The molecule has 2 aliphatic rings.